The maximum absolute atomic E-state index is 10.6. The second kappa shape index (κ2) is 9.14. The van der Waals surface area contributed by atoms with Crippen molar-refractivity contribution in [3.05, 3.63) is 70.4 Å². The smallest absolute Gasteiger partial charge is 0.335 e. The molecular weight excluding hydrogens is 352 g/mol. The molecule has 3 rings (SSSR count). The largest absolute Gasteiger partial charge is 0.501 e. The number of rotatable bonds is 5. The molecule has 0 radical (unpaired) electrons. The van der Waals surface area contributed by atoms with Crippen LogP contribution in [0.25, 0.3) is 10.9 Å². The number of aromatic hydroxyl groups is 1. The Morgan fingerprint density at radius 1 is 1.22 bits per heavy atom. The highest BCUT2D eigenvalue weighted by atomic mass is 16.6. The Hall–Kier alpha value is -3.68. The lowest BCUT2D eigenvalue weighted by Gasteiger charge is -2.04. The number of aromatic nitrogens is 1. The molecule has 0 aliphatic rings. The summed E-state index contributed by atoms with van der Waals surface area (Å²) in [5.74, 6) is -0.697. The summed E-state index contributed by atoms with van der Waals surface area (Å²) in [6, 6.07) is 12.7. The van der Waals surface area contributed by atoms with E-state index in [0.29, 0.717) is 17.7 Å². The molecule has 8 heteroatoms. The van der Waals surface area contributed by atoms with Crippen LogP contribution in [0.4, 0.5) is 5.69 Å². The van der Waals surface area contributed by atoms with E-state index in [2.05, 4.69) is 4.98 Å². The summed E-state index contributed by atoms with van der Waals surface area (Å²) in [6.45, 7) is 2.62. The van der Waals surface area contributed by atoms with Crippen molar-refractivity contribution in [1.82, 2.24) is 4.98 Å². The summed E-state index contributed by atoms with van der Waals surface area (Å²) >= 11 is 0. The zero-order valence-electron chi connectivity index (χ0n) is 14.5. The molecule has 0 spiro atoms. The molecule has 0 bridgehead atoms. The maximum Gasteiger partial charge on any atom is 0.335 e. The van der Waals surface area contributed by atoms with Gasteiger partial charge in [0, 0.05) is 17.6 Å². The number of nitro benzene ring substituents is 1. The summed E-state index contributed by atoms with van der Waals surface area (Å²) in [5.41, 5.74) is 0.187. The third-order valence-corrected chi connectivity index (χ3v) is 3.48. The van der Waals surface area contributed by atoms with Gasteiger partial charge >= 0.3 is 11.7 Å². The van der Waals surface area contributed by atoms with Crippen molar-refractivity contribution in [2.45, 2.75) is 13.3 Å². The number of pyridine rings is 1. The molecule has 140 valence electrons. The molecule has 0 saturated heterocycles. The fraction of sp³-hybridized carbons (Fsp3) is 0.158. The minimum absolute atomic E-state index is 0.252. The molecule has 0 aliphatic carbocycles. The standard InChI is InChI=1S/C10H12O3.C9H6N2O3/c1-2-6-13-9-5-3-4-8(7-9)10(11)12;12-9-7(11(13)14)4-3-6-2-1-5-10-8(6)9/h3-5,7H,2,6H2,1H3,(H,11,12);1-5,12H. The number of fused-ring (bicyclic) bond motifs is 1. The van der Waals surface area contributed by atoms with Crippen LogP contribution in [0.15, 0.2) is 54.7 Å². The minimum Gasteiger partial charge on any atom is -0.501 e. The first kappa shape index (κ1) is 19.6. The SMILES string of the molecule is CCCOc1cccc(C(=O)O)c1.O=[N+]([O-])c1ccc2cccnc2c1O. The monoisotopic (exact) mass is 370 g/mol. The van der Waals surface area contributed by atoms with E-state index in [0.717, 1.165) is 6.42 Å². The van der Waals surface area contributed by atoms with Crippen molar-refractivity contribution in [2.75, 3.05) is 6.61 Å². The van der Waals surface area contributed by atoms with E-state index < -0.39 is 10.9 Å². The Morgan fingerprint density at radius 2 is 2.00 bits per heavy atom. The van der Waals surface area contributed by atoms with Crippen LogP contribution in [-0.4, -0.2) is 32.7 Å². The molecule has 0 aliphatic heterocycles. The Kier molecular flexibility index (Phi) is 6.65. The number of nitro groups is 1. The predicted octanol–water partition coefficient (Wildman–Crippen LogP) is 4.02. The lowest BCUT2D eigenvalue weighted by molar-refractivity contribution is -0.385. The second-order valence-corrected chi connectivity index (χ2v) is 5.45. The maximum atomic E-state index is 10.6. The number of phenolic OH excluding ortho intramolecular Hbond substituents is 1. The van der Waals surface area contributed by atoms with Gasteiger partial charge in [-0.25, -0.2) is 4.79 Å². The van der Waals surface area contributed by atoms with Crippen LogP contribution in [0.2, 0.25) is 0 Å². The van der Waals surface area contributed by atoms with Gasteiger partial charge in [-0.15, -0.1) is 0 Å². The van der Waals surface area contributed by atoms with Gasteiger partial charge in [0.1, 0.15) is 11.3 Å². The lowest BCUT2D eigenvalue weighted by atomic mass is 10.2. The van der Waals surface area contributed by atoms with E-state index in [-0.39, 0.29) is 22.5 Å². The van der Waals surface area contributed by atoms with Crippen molar-refractivity contribution in [2.24, 2.45) is 0 Å². The van der Waals surface area contributed by atoms with Crippen LogP contribution >= 0.6 is 0 Å². The van der Waals surface area contributed by atoms with Gasteiger partial charge in [-0.1, -0.05) is 19.1 Å². The average molecular weight is 370 g/mol. The summed E-state index contributed by atoms with van der Waals surface area (Å²) in [6.07, 6.45) is 2.39. The number of hydrogen-bond acceptors (Lipinski definition) is 6. The lowest BCUT2D eigenvalue weighted by Crippen LogP contribution is -1.99. The second-order valence-electron chi connectivity index (χ2n) is 5.45. The molecule has 1 aromatic heterocycles. The average Bonchev–Trinajstić information content (AvgIpc) is 2.67. The van der Waals surface area contributed by atoms with Crippen LogP contribution < -0.4 is 4.74 Å². The third kappa shape index (κ3) is 5.15. The number of benzene rings is 2. The molecule has 0 unspecified atom stereocenters. The van der Waals surface area contributed by atoms with Crippen molar-refractivity contribution < 1.29 is 24.7 Å². The molecular formula is C19H18N2O6. The summed E-state index contributed by atoms with van der Waals surface area (Å²) in [7, 11) is 0. The minimum atomic E-state index is -0.929. The number of carbonyl (C=O) groups is 1. The van der Waals surface area contributed by atoms with Crippen LogP contribution in [-0.2, 0) is 0 Å². The zero-order chi connectivity index (χ0) is 19.8. The highest BCUT2D eigenvalue weighted by Crippen LogP contribution is 2.32. The highest BCUT2D eigenvalue weighted by molar-refractivity contribution is 5.88. The number of carboxylic acid groups (broad SMARTS) is 1. The Bertz CT molecular complexity index is 958. The van der Waals surface area contributed by atoms with Crippen molar-refractivity contribution in [1.29, 1.82) is 0 Å². The fourth-order valence-electron chi connectivity index (χ4n) is 2.21. The molecule has 0 saturated carbocycles. The van der Waals surface area contributed by atoms with E-state index in [1.54, 1.807) is 36.4 Å². The Labute approximate surface area is 154 Å². The third-order valence-electron chi connectivity index (χ3n) is 3.48. The van der Waals surface area contributed by atoms with Gasteiger partial charge < -0.3 is 14.9 Å². The molecule has 0 fully saturated rings. The normalized spacial score (nSPS) is 9.96. The molecule has 0 amide bonds. The quantitative estimate of drug-likeness (QED) is 0.513. The van der Waals surface area contributed by atoms with Gasteiger partial charge in [0.25, 0.3) is 0 Å². The molecule has 1 heterocycles. The summed E-state index contributed by atoms with van der Waals surface area (Å²) in [5, 5.41) is 29.4. The molecule has 3 aromatic rings. The molecule has 8 nitrogen and oxygen atoms in total. The summed E-state index contributed by atoms with van der Waals surface area (Å²) < 4.78 is 5.28. The molecule has 27 heavy (non-hydrogen) atoms. The fourth-order valence-corrected chi connectivity index (χ4v) is 2.21. The van der Waals surface area contributed by atoms with Gasteiger partial charge in [0.15, 0.2) is 0 Å². The van der Waals surface area contributed by atoms with Crippen LogP contribution in [0, 0.1) is 10.1 Å². The van der Waals surface area contributed by atoms with E-state index >= 15 is 0 Å². The molecule has 2 N–H and O–H groups in total. The topological polar surface area (TPSA) is 123 Å². The van der Waals surface area contributed by atoms with Crippen LogP contribution in [0.3, 0.4) is 0 Å². The van der Waals surface area contributed by atoms with Gasteiger partial charge in [-0.05, 0) is 36.8 Å². The number of aromatic carboxylic acids is 1. The Balaban J connectivity index is 0.000000194. The van der Waals surface area contributed by atoms with Crippen LogP contribution in [0.1, 0.15) is 23.7 Å². The first-order valence-corrected chi connectivity index (χ1v) is 8.11. The van der Waals surface area contributed by atoms with Gasteiger partial charge in [0.05, 0.1) is 17.1 Å². The van der Waals surface area contributed by atoms with Crippen LogP contribution in [0.5, 0.6) is 11.5 Å². The number of hydrogen-bond donors (Lipinski definition) is 2. The number of nitrogens with zero attached hydrogens (tertiary/aromatic N) is 2. The zero-order valence-corrected chi connectivity index (χ0v) is 14.5. The van der Waals surface area contributed by atoms with Crippen molar-refractivity contribution in [3.8, 4) is 11.5 Å². The van der Waals surface area contributed by atoms with Gasteiger partial charge in [-0.3, -0.25) is 15.1 Å². The first-order valence-electron chi connectivity index (χ1n) is 8.11. The van der Waals surface area contributed by atoms with Gasteiger partial charge in [-0.2, -0.15) is 0 Å². The first-order chi connectivity index (χ1) is 12.9. The number of carboxylic acids is 1. The van der Waals surface area contributed by atoms with E-state index in [1.807, 2.05) is 6.92 Å². The number of ether oxygens (including phenoxy) is 1. The van der Waals surface area contributed by atoms with E-state index in [4.69, 9.17) is 9.84 Å². The van der Waals surface area contributed by atoms with Gasteiger partial charge in [0.2, 0.25) is 5.75 Å². The number of phenols is 1. The summed E-state index contributed by atoms with van der Waals surface area (Å²) in [4.78, 5) is 24.3. The van der Waals surface area contributed by atoms with Crippen molar-refractivity contribution >= 4 is 22.6 Å². The van der Waals surface area contributed by atoms with Crippen molar-refractivity contribution in [3.63, 3.8) is 0 Å². The Morgan fingerprint density at radius 3 is 2.67 bits per heavy atom. The molecule has 2 aromatic carbocycles. The van der Waals surface area contributed by atoms with E-state index in [9.17, 15) is 20.0 Å². The molecule has 0 atom stereocenters. The van der Waals surface area contributed by atoms with E-state index in [1.165, 1.54) is 18.3 Å². The highest BCUT2D eigenvalue weighted by Gasteiger charge is 2.15. The predicted molar refractivity (Wildman–Crippen MR) is 99.2 cm³/mol.